The monoisotopic (exact) mass is 277 g/mol. The highest BCUT2D eigenvalue weighted by atomic mass is 16.4. The lowest BCUT2D eigenvalue weighted by atomic mass is 10.0. The molecule has 2 heterocycles. The van der Waals surface area contributed by atoms with Gasteiger partial charge in [-0.1, -0.05) is 6.07 Å². The van der Waals surface area contributed by atoms with E-state index in [0.717, 1.165) is 5.56 Å². The number of nitrogens with one attached hydrogen (secondary N) is 1. The third-order valence-corrected chi connectivity index (χ3v) is 3.86. The molecule has 1 saturated heterocycles. The van der Waals surface area contributed by atoms with Crippen LogP contribution < -0.4 is 5.32 Å². The number of rotatable bonds is 3. The molecule has 1 aromatic heterocycles. The highest BCUT2D eigenvalue weighted by Gasteiger charge is 2.38. The van der Waals surface area contributed by atoms with E-state index in [1.165, 1.54) is 0 Å². The zero-order valence-electron chi connectivity index (χ0n) is 11.6. The predicted octanol–water partition coefficient (Wildman–Crippen LogP) is 1.65. The second-order valence-electron chi connectivity index (χ2n) is 5.12. The third kappa shape index (κ3) is 2.89. The van der Waals surface area contributed by atoms with Crippen LogP contribution in [0.1, 0.15) is 31.9 Å². The molecule has 0 aliphatic carbocycles. The molecule has 1 aliphatic rings. The largest absolute Gasteiger partial charge is 0.481 e. The molecule has 0 spiro atoms. The highest BCUT2D eigenvalue weighted by Crippen LogP contribution is 2.24. The van der Waals surface area contributed by atoms with Crippen molar-refractivity contribution in [3.63, 3.8) is 0 Å². The van der Waals surface area contributed by atoms with Crippen molar-refractivity contribution in [3.8, 4) is 0 Å². The summed E-state index contributed by atoms with van der Waals surface area (Å²) in [6, 6.07) is 3.04. The van der Waals surface area contributed by atoms with Gasteiger partial charge in [0.15, 0.2) is 0 Å². The second-order valence-corrected chi connectivity index (χ2v) is 5.12. The molecule has 6 nitrogen and oxygen atoms in total. The molecular formula is C14H19N3O3. The van der Waals surface area contributed by atoms with Gasteiger partial charge in [-0.05, 0) is 31.9 Å². The second kappa shape index (κ2) is 5.90. The molecule has 2 amide bonds. The van der Waals surface area contributed by atoms with Gasteiger partial charge in [0, 0.05) is 25.0 Å². The van der Waals surface area contributed by atoms with E-state index in [2.05, 4.69) is 10.3 Å². The van der Waals surface area contributed by atoms with Crippen LogP contribution in [0.5, 0.6) is 0 Å². The predicted molar refractivity (Wildman–Crippen MR) is 73.1 cm³/mol. The summed E-state index contributed by atoms with van der Waals surface area (Å²) in [5.41, 5.74) is 0.919. The lowest BCUT2D eigenvalue weighted by Crippen LogP contribution is -2.44. The van der Waals surface area contributed by atoms with E-state index >= 15 is 0 Å². The fourth-order valence-electron chi connectivity index (χ4n) is 2.54. The number of likely N-dealkylation sites (tertiary alicyclic amines) is 1. The Kier molecular flexibility index (Phi) is 4.22. The van der Waals surface area contributed by atoms with Gasteiger partial charge in [-0.3, -0.25) is 9.78 Å². The van der Waals surface area contributed by atoms with Crippen LogP contribution in [0.3, 0.4) is 0 Å². The first-order valence-electron chi connectivity index (χ1n) is 6.70. The van der Waals surface area contributed by atoms with Crippen LogP contribution in [0.15, 0.2) is 24.5 Å². The molecule has 2 N–H and O–H groups in total. The van der Waals surface area contributed by atoms with E-state index in [0.29, 0.717) is 13.0 Å². The summed E-state index contributed by atoms with van der Waals surface area (Å²) in [5.74, 6) is -1.32. The topological polar surface area (TPSA) is 82.5 Å². The molecule has 20 heavy (non-hydrogen) atoms. The number of nitrogens with zero attached hydrogens (tertiary/aromatic N) is 2. The average Bonchev–Trinajstić information content (AvgIpc) is 2.81. The van der Waals surface area contributed by atoms with Crippen molar-refractivity contribution in [3.05, 3.63) is 30.1 Å². The van der Waals surface area contributed by atoms with E-state index in [1.807, 2.05) is 19.1 Å². The molecule has 1 fully saturated rings. The van der Waals surface area contributed by atoms with E-state index < -0.39 is 11.9 Å². The maximum Gasteiger partial charge on any atom is 0.318 e. The van der Waals surface area contributed by atoms with Gasteiger partial charge in [0.2, 0.25) is 0 Å². The maximum atomic E-state index is 12.2. The highest BCUT2D eigenvalue weighted by molar-refractivity contribution is 5.78. The van der Waals surface area contributed by atoms with E-state index in [4.69, 9.17) is 5.11 Å². The molecule has 0 radical (unpaired) electrons. The summed E-state index contributed by atoms with van der Waals surface area (Å²) in [6.45, 7) is 4.13. The number of amides is 2. The Bertz CT molecular complexity index is 492. The van der Waals surface area contributed by atoms with E-state index in [1.54, 1.807) is 24.2 Å². The summed E-state index contributed by atoms with van der Waals surface area (Å²) in [6.07, 6.45) is 3.89. The molecule has 0 aromatic carbocycles. The van der Waals surface area contributed by atoms with Gasteiger partial charge in [0.05, 0.1) is 12.0 Å². The van der Waals surface area contributed by atoms with Crippen molar-refractivity contribution in [1.82, 2.24) is 15.2 Å². The third-order valence-electron chi connectivity index (χ3n) is 3.86. The smallest absolute Gasteiger partial charge is 0.318 e. The van der Waals surface area contributed by atoms with E-state index in [9.17, 15) is 9.59 Å². The van der Waals surface area contributed by atoms with Gasteiger partial charge in [-0.2, -0.15) is 0 Å². The number of pyridine rings is 1. The minimum atomic E-state index is -0.840. The van der Waals surface area contributed by atoms with Crippen molar-refractivity contribution >= 4 is 12.0 Å². The van der Waals surface area contributed by atoms with Crippen molar-refractivity contribution < 1.29 is 14.7 Å². The number of carbonyl (C=O) groups is 2. The fourth-order valence-corrected chi connectivity index (χ4v) is 2.54. The van der Waals surface area contributed by atoms with Gasteiger partial charge in [-0.25, -0.2) is 4.79 Å². The van der Waals surface area contributed by atoms with Crippen molar-refractivity contribution in [2.24, 2.45) is 5.92 Å². The van der Waals surface area contributed by atoms with Crippen LogP contribution in [-0.2, 0) is 4.79 Å². The Morgan fingerprint density at radius 1 is 1.55 bits per heavy atom. The van der Waals surface area contributed by atoms with Crippen LogP contribution in [0.4, 0.5) is 4.79 Å². The number of hydrogen-bond acceptors (Lipinski definition) is 3. The summed E-state index contributed by atoms with van der Waals surface area (Å²) < 4.78 is 0. The summed E-state index contributed by atoms with van der Waals surface area (Å²) in [4.78, 5) is 28.9. The Morgan fingerprint density at radius 2 is 2.30 bits per heavy atom. The van der Waals surface area contributed by atoms with Crippen molar-refractivity contribution in [2.45, 2.75) is 32.4 Å². The number of carboxylic acids is 1. The number of aromatic nitrogens is 1. The molecule has 6 heteroatoms. The molecule has 0 saturated carbocycles. The summed E-state index contributed by atoms with van der Waals surface area (Å²) in [7, 11) is 0. The Balaban J connectivity index is 1.97. The quantitative estimate of drug-likeness (QED) is 0.880. The average molecular weight is 277 g/mol. The van der Waals surface area contributed by atoms with Crippen molar-refractivity contribution in [2.75, 3.05) is 6.54 Å². The zero-order chi connectivity index (χ0) is 14.7. The SMILES string of the molecule is CC(NC(=O)N1CCC(C(=O)O)C1C)c1cccnc1. The maximum absolute atomic E-state index is 12.2. The van der Waals surface area contributed by atoms with Crippen LogP contribution in [0.2, 0.25) is 0 Å². The molecular weight excluding hydrogens is 258 g/mol. The fraction of sp³-hybridized carbons (Fsp3) is 0.500. The van der Waals surface area contributed by atoms with Gasteiger partial charge in [0.25, 0.3) is 0 Å². The number of urea groups is 1. The number of hydrogen-bond donors (Lipinski definition) is 2. The zero-order valence-corrected chi connectivity index (χ0v) is 11.6. The first-order valence-corrected chi connectivity index (χ1v) is 6.70. The van der Waals surface area contributed by atoms with Gasteiger partial charge < -0.3 is 15.3 Å². The first kappa shape index (κ1) is 14.3. The first-order chi connectivity index (χ1) is 9.50. The summed E-state index contributed by atoms with van der Waals surface area (Å²) in [5, 5.41) is 12.0. The standard InChI is InChI=1S/C14H19N3O3/c1-9(11-4-3-6-15-8-11)16-14(20)17-7-5-12(10(17)2)13(18)19/h3-4,6,8-10,12H,5,7H2,1-2H3,(H,16,20)(H,18,19). The molecule has 108 valence electrons. The lowest BCUT2D eigenvalue weighted by Gasteiger charge is -2.25. The lowest BCUT2D eigenvalue weighted by molar-refractivity contribution is -0.142. The molecule has 1 aromatic rings. The van der Waals surface area contributed by atoms with Crippen LogP contribution in [0.25, 0.3) is 0 Å². The normalized spacial score (nSPS) is 23.4. The van der Waals surface area contributed by atoms with Gasteiger partial charge in [-0.15, -0.1) is 0 Å². The Morgan fingerprint density at radius 3 is 2.85 bits per heavy atom. The molecule has 0 bridgehead atoms. The summed E-state index contributed by atoms with van der Waals surface area (Å²) >= 11 is 0. The van der Waals surface area contributed by atoms with Gasteiger partial charge >= 0.3 is 12.0 Å². The van der Waals surface area contributed by atoms with E-state index in [-0.39, 0.29) is 18.1 Å². The molecule has 1 aliphatic heterocycles. The van der Waals surface area contributed by atoms with Crippen LogP contribution in [0, 0.1) is 5.92 Å². The molecule has 3 atom stereocenters. The van der Waals surface area contributed by atoms with Crippen molar-refractivity contribution in [1.29, 1.82) is 0 Å². The molecule has 2 rings (SSSR count). The molecule has 3 unspecified atom stereocenters. The number of aliphatic carboxylic acids is 1. The minimum Gasteiger partial charge on any atom is -0.481 e. The number of carboxylic acid groups (broad SMARTS) is 1. The minimum absolute atomic E-state index is 0.160. The van der Waals surface area contributed by atoms with Crippen LogP contribution in [-0.4, -0.2) is 39.6 Å². The number of carbonyl (C=O) groups excluding carboxylic acids is 1. The van der Waals surface area contributed by atoms with Gasteiger partial charge in [0.1, 0.15) is 0 Å². The Labute approximate surface area is 117 Å². The van der Waals surface area contributed by atoms with Crippen LogP contribution >= 0.6 is 0 Å². The Hall–Kier alpha value is -2.11.